The Kier molecular flexibility index (Phi) is 4.00. The number of hydrogen-bond donors (Lipinski definition) is 1. The molecule has 132 valence electrons. The van der Waals surface area contributed by atoms with Crippen molar-refractivity contribution in [2.45, 2.75) is 33.4 Å². The Hall–Kier alpha value is -3.06. The summed E-state index contributed by atoms with van der Waals surface area (Å²) in [5, 5.41) is 9.49. The third kappa shape index (κ3) is 2.76. The van der Waals surface area contributed by atoms with Crippen LogP contribution >= 0.6 is 0 Å². The molecule has 0 bridgehead atoms. The van der Waals surface area contributed by atoms with Gasteiger partial charge in [-0.05, 0) is 32.4 Å². The molecule has 4 aromatic rings. The topological polar surface area (TPSA) is 95.6 Å². The minimum atomic E-state index is 0.217. The van der Waals surface area contributed by atoms with Crippen molar-refractivity contribution in [3.05, 3.63) is 47.8 Å². The SMILES string of the molecule is Cc1cc(-c2nc(-c3ccc(CN)cc3)no2)c2cnn(C(C)C)c2n1. The van der Waals surface area contributed by atoms with Crippen LogP contribution in [0.2, 0.25) is 0 Å². The van der Waals surface area contributed by atoms with Crippen LogP contribution in [0.5, 0.6) is 0 Å². The van der Waals surface area contributed by atoms with Gasteiger partial charge in [-0.3, -0.25) is 0 Å². The Morgan fingerprint density at radius 3 is 2.62 bits per heavy atom. The highest BCUT2D eigenvalue weighted by Gasteiger charge is 2.18. The summed E-state index contributed by atoms with van der Waals surface area (Å²) in [4.78, 5) is 9.20. The van der Waals surface area contributed by atoms with Gasteiger partial charge < -0.3 is 10.3 Å². The molecule has 1 aromatic carbocycles. The number of rotatable bonds is 4. The summed E-state index contributed by atoms with van der Waals surface area (Å²) in [5.74, 6) is 1.00. The van der Waals surface area contributed by atoms with Crippen LogP contribution in [0.3, 0.4) is 0 Å². The van der Waals surface area contributed by atoms with Crippen molar-refractivity contribution in [3.63, 3.8) is 0 Å². The first-order valence-electron chi connectivity index (χ1n) is 8.55. The van der Waals surface area contributed by atoms with E-state index in [0.717, 1.165) is 33.4 Å². The smallest absolute Gasteiger partial charge is 0.259 e. The molecule has 4 rings (SSSR count). The van der Waals surface area contributed by atoms with Gasteiger partial charge in [-0.15, -0.1) is 0 Å². The maximum absolute atomic E-state index is 5.65. The number of fused-ring (bicyclic) bond motifs is 1. The van der Waals surface area contributed by atoms with Crippen LogP contribution < -0.4 is 5.73 Å². The summed E-state index contributed by atoms with van der Waals surface area (Å²) < 4.78 is 7.44. The number of aromatic nitrogens is 5. The largest absolute Gasteiger partial charge is 0.334 e. The summed E-state index contributed by atoms with van der Waals surface area (Å²) in [5.41, 5.74) is 10.1. The van der Waals surface area contributed by atoms with E-state index in [1.165, 1.54) is 0 Å². The summed E-state index contributed by atoms with van der Waals surface area (Å²) >= 11 is 0. The second-order valence-electron chi connectivity index (χ2n) is 6.56. The van der Waals surface area contributed by atoms with Gasteiger partial charge in [-0.25, -0.2) is 9.67 Å². The quantitative estimate of drug-likeness (QED) is 0.606. The lowest BCUT2D eigenvalue weighted by molar-refractivity contribution is 0.432. The fraction of sp³-hybridized carbons (Fsp3) is 0.263. The molecule has 3 aromatic heterocycles. The normalized spacial score (nSPS) is 11.6. The van der Waals surface area contributed by atoms with Crippen molar-refractivity contribution in [1.82, 2.24) is 24.9 Å². The molecule has 0 saturated carbocycles. The highest BCUT2D eigenvalue weighted by atomic mass is 16.5. The lowest BCUT2D eigenvalue weighted by Gasteiger charge is -2.07. The van der Waals surface area contributed by atoms with Crippen molar-refractivity contribution in [2.75, 3.05) is 0 Å². The fourth-order valence-corrected chi connectivity index (χ4v) is 2.94. The zero-order chi connectivity index (χ0) is 18.3. The van der Waals surface area contributed by atoms with E-state index in [1.54, 1.807) is 6.20 Å². The van der Waals surface area contributed by atoms with Gasteiger partial charge in [0.15, 0.2) is 5.65 Å². The standard InChI is InChI=1S/C19H20N6O/c1-11(2)25-18-16(10-21-25)15(8-12(3)22-18)19-23-17(24-26-19)14-6-4-13(9-20)5-7-14/h4-8,10-11H,9,20H2,1-3H3. The summed E-state index contributed by atoms with van der Waals surface area (Å²) in [6.07, 6.45) is 1.80. The third-order valence-electron chi connectivity index (χ3n) is 4.29. The maximum atomic E-state index is 5.65. The molecule has 26 heavy (non-hydrogen) atoms. The molecule has 7 nitrogen and oxygen atoms in total. The molecule has 0 atom stereocenters. The number of nitrogens with two attached hydrogens (primary N) is 1. The highest BCUT2D eigenvalue weighted by molar-refractivity contribution is 5.90. The molecule has 0 fully saturated rings. The van der Waals surface area contributed by atoms with Crippen molar-refractivity contribution in [1.29, 1.82) is 0 Å². The van der Waals surface area contributed by atoms with E-state index >= 15 is 0 Å². The molecule has 3 heterocycles. The molecule has 7 heteroatoms. The number of aryl methyl sites for hydroxylation is 1. The van der Waals surface area contributed by atoms with Crippen molar-refractivity contribution < 1.29 is 4.52 Å². The molecule has 0 saturated heterocycles. The van der Waals surface area contributed by atoms with Crippen LogP contribution in [0, 0.1) is 6.92 Å². The van der Waals surface area contributed by atoms with Gasteiger partial charge in [0.1, 0.15) is 0 Å². The average Bonchev–Trinajstić information content (AvgIpc) is 3.28. The van der Waals surface area contributed by atoms with Gasteiger partial charge >= 0.3 is 0 Å². The number of benzene rings is 1. The first-order chi connectivity index (χ1) is 12.6. The van der Waals surface area contributed by atoms with Crippen LogP contribution in [0.4, 0.5) is 0 Å². The Morgan fingerprint density at radius 2 is 1.92 bits per heavy atom. The monoisotopic (exact) mass is 348 g/mol. The third-order valence-corrected chi connectivity index (χ3v) is 4.29. The van der Waals surface area contributed by atoms with Gasteiger partial charge in [0.2, 0.25) is 5.82 Å². The van der Waals surface area contributed by atoms with E-state index < -0.39 is 0 Å². The second-order valence-corrected chi connectivity index (χ2v) is 6.56. The molecule has 0 aliphatic carbocycles. The molecule has 0 amide bonds. The van der Waals surface area contributed by atoms with Gasteiger partial charge in [0, 0.05) is 23.8 Å². The van der Waals surface area contributed by atoms with Gasteiger partial charge in [0.25, 0.3) is 5.89 Å². The molecule has 0 aliphatic heterocycles. The van der Waals surface area contributed by atoms with Crippen LogP contribution in [0.25, 0.3) is 33.9 Å². The van der Waals surface area contributed by atoms with E-state index in [4.69, 9.17) is 10.3 Å². The first kappa shape index (κ1) is 16.4. The van der Waals surface area contributed by atoms with Crippen LogP contribution in [-0.4, -0.2) is 24.9 Å². The molecule has 0 spiro atoms. The number of pyridine rings is 1. The molecule has 0 unspecified atom stereocenters. The molecular weight excluding hydrogens is 328 g/mol. The number of nitrogens with zero attached hydrogens (tertiary/aromatic N) is 5. The van der Waals surface area contributed by atoms with E-state index in [0.29, 0.717) is 18.3 Å². The van der Waals surface area contributed by atoms with Gasteiger partial charge in [-0.1, -0.05) is 29.4 Å². The van der Waals surface area contributed by atoms with E-state index in [2.05, 4.69) is 34.1 Å². The second kappa shape index (κ2) is 6.34. The summed E-state index contributed by atoms with van der Waals surface area (Å²) in [7, 11) is 0. The maximum Gasteiger partial charge on any atom is 0.259 e. The molecule has 0 radical (unpaired) electrons. The Morgan fingerprint density at radius 1 is 1.15 bits per heavy atom. The van der Waals surface area contributed by atoms with Crippen molar-refractivity contribution in [2.24, 2.45) is 5.73 Å². The first-order valence-corrected chi connectivity index (χ1v) is 8.55. The molecule has 0 aliphatic rings. The fourth-order valence-electron chi connectivity index (χ4n) is 2.94. The van der Waals surface area contributed by atoms with Crippen molar-refractivity contribution in [3.8, 4) is 22.8 Å². The average molecular weight is 348 g/mol. The van der Waals surface area contributed by atoms with Crippen LogP contribution in [-0.2, 0) is 6.54 Å². The summed E-state index contributed by atoms with van der Waals surface area (Å²) in [6, 6.07) is 9.99. The predicted octanol–water partition coefficient (Wildman–Crippen LogP) is 3.50. The molecule has 2 N–H and O–H groups in total. The molecular formula is C19H20N6O. The zero-order valence-corrected chi connectivity index (χ0v) is 15.0. The van der Waals surface area contributed by atoms with Gasteiger partial charge in [-0.2, -0.15) is 10.1 Å². The Bertz CT molecular complexity index is 1060. The highest BCUT2D eigenvalue weighted by Crippen LogP contribution is 2.30. The van der Waals surface area contributed by atoms with Crippen LogP contribution in [0.1, 0.15) is 31.1 Å². The van der Waals surface area contributed by atoms with Crippen molar-refractivity contribution >= 4 is 11.0 Å². The Balaban J connectivity index is 1.80. The summed E-state index contributed by atoms with van der Waals surface area (Å²) in [6.45, 7) is 6.60. The predicted molar refractivity (Wildman–Crippen MR) is 99.3 cm³/mol. The van der Waals surface area contributed by atoms with E-state index in [9.17, 15) is 0 Å². The minimum absolute atomic E-state index is 0.217. The van der Waals surface area contributed by atoms with E-state index in [-0.39, 0.29) is 6.04 Å². The lowest BCUT2D eigenvalue weighted by atomic mass is 10.1. The zero-order valence-electron chi connectivity index (χ0n) is 15.0. The van der Waals surface area contributed by atoms with Crippen LogP contribution in [0.15, 0.2) is 41.1 Å². The van der Waals surface area contributed by atoms with Gasteiger partial charge in [0.05, 0.1) is 17.1 Å². The van der Waals surface area contributed by atoms with E-state index in [1.807, 2.05) is 41.9 Å². The lowest BCUT2D eigenvalue weighted by Crippen LogP contribution is -2.03. The Labute approximate surface area is 150 Å². The number of hydrogen-bond acceptors (Lipinski definition) is 6. The minimum Gasteiger partial charge on any atom is -0.334 e.